The fraction of sp³-hybridized carbons (Fsp3) is 0.364. The number of fused-ring (bicyclic) bond motifs is 1. The third kappa shape index (κ3) is 4.80. The van der Waals surface area contributed by atoms with Gasteiger partial charge in [-0.05, 0) is 60.7 Å². The van der Waals surface area contributed by atoms with E-state index in [2.05, 4.69) is 10.6 Å². The van der Waals surface area contributed by atoms with Gasteiger partial charge in [0.2, 0.25) is 17.7 Å². The van der Waals surface area contributed by atoms with Crippen LogP contribution in [0.5, 0.6) is 11.5 Å². The highest BCUT2D eigenvalue weighted by molar-refractivity contribution is 7.09. The second kappa shape index (κ2) is 11.0. The van der Waals surface area contributed by atoms with Gasteiger partial charge < -0.3 is 25.0 Å². The smallest absolute Gasteiger partial charge is 0.246 e. The number of nitrogens with one attached hydrogen (secondary N) is 2. The minimum atomic E-state index is -1.17. The van der Waals surface area contributed by atoms with Crippen LogP contribution in [-0.2, 0) is 25.7 Å². The van der Waals surface area contributed by atoms with Gasteiger partial charge in [-0.3, -0.25) is 14.4 Å². The van der Waals surface area contributed by atoms with E-state index in [1.165, 1.54) is 6.42 Å². The minimum Gasteiger partial charge on any atom is -0.457 e. The number of likely N-dealkylation sites (tertiary alicyclic amines) is 1. The van der Waals surface area contributed by atoms with Crippen molar-refractivity contribution in [3.05, 3.63) is 89.1 Å². The molecule has 2 saturated heterocycles. The summed E-state index contributed by atoms with van der Waals surface area (Å²) in [5, 5.41) is 8.17. The highest BCUT2D eigenvalue weighted by Crippen LogP contribution is 2.55. The third-order valence-electron chi connectivity index (χ3n) is 8.88. The fourth-order valence-electron chi connectivity index (χ4n) is 6.99. The normalized spacial score (nSPS) is 28.1. The van der Waals surface area contributed by atoms with Gasteiger partial charge in [0.25, 0.3) is 0 Å². The molecule has 3 amide bonds. The summed E-state index contributed by atoms with van der Waals surface area (Å²) in [6, 6.07) is 19.7. The highest BCUT2D eigenvalue weighted by atomic mass is 32.1. The Morgan fingerprint density at radius 1 is 0.952 bits per heavy atom. The van der Waals surface area contributed by atoms with Crippen LogP contribution in [-0.4, -0.2) is 46.4 Å². The van der Waals surface area contributed by atoms with Crippen molar-refractivity contribution >= 4 is 34.7 Å². The zero-order valence-corrected chi connectivity index (χ0v) is 23.9. The number of anilines is 1. The average Bonchev–Trinajstić information content (AvgIpc) is 3.78. The van der Waals surface area contributed by atoms with Crippen LogP contribution in [0.4, 0.5) is 5.69 Å². The first-order valence-corrected chi connectivity index (χ1v) is 15.5. The SMILES string of the molecule is O=C(Nc1ccc(Oc2ccccc2)cc1)[C@H]1[C@H]2C=C[C@]3(O2)[C@H](C(=O)NC2CCCCC2)N(Cc2cccs2)C(=O)[C@@H]13. The molecule has 4 aliphatic rings. The van der Waals surface area contributed by atoms with Gasteiger partial charge >= 0.3 is 0 Å². The molecule has 3 aliphatic heterocycles. The van der Waals surface area contributed by atoms with Gasteiger partial charge in [0.15, 0.2) is 0 Å². The standard InChI is InChI=1S/C33H33N3O5S/c37-30(34-22-13-15-24(16-14-22)40-23-10-5-2-6-11-23)27-26-17-18-33(41-26)28(27)32(39)36(20-25-12-7-19-42-25)29(33)31(38)35-21-8-3-1-4-9-21/h2,5-7,10-19,21,26-29H,1,3-4,8-9,20H2,(H,34,37)(H,35,38)/t26-,27+,28-,29+,33-/m1/s1. The first kappa shape index (κ1) is 26.9. The molecule has 1 aromatic heterocycles. The van der Waals surface area contributed by atoms with Crippen molar-refractivity contribution in [2.45, 2.75) is 62.4 Å². The number of amides is 3. The maximum atomic E-state index is 14.1. The molecule has 2 bridgehead atoms. The Balaban J connectivity index is 1.12. The molecule has 7 rings (SSSR count). The van der Waals surface area contributed by atoms with Crippen LogP contribution in [0.1, 0.15) is 37.0 Å². The molecule has 4 heterocycles. The van der Waals surface area contributed by atoms with E-state index in [4.69, 9.17) is 9.47 Å². The first-order chi connectivity index (χ1) is 20.5. The van der Waals surface area contributed by atoms with E-state index in [0.29, 0.717) is 18.0 Å². The van der Waals surface area contributed by atoms with Crippen molar-refractivity contribution in [3.8, 4) is 11.5 Å². The monoisotopic (exact) mass is 583 g/mol. The van der Waals surface area contributed by atoms with Crippen molar-refractivity contribution in [1.82, 2.24) is 10.2 Å². The molecule has 1 saturated carbocycles. The van der Waals surface area contributed by atoms with Gasteiger partial charge in [0.05, 0.1) is 24.5 Å². The number of benzene rings is 2. The number of carbonyl (C=O) groups is 3. The third-order valence-corrected chi connectivity index (χ3v) is 9.74. The summed E-state index contributed by atoms with van der Waals surface area (Å²) in [6.45, 7) is 0.302. The number of rotatable bonds is 8. The van der Waals surface area contributed by atoms with E-state index < -0.39 is 29.6 Å². The zero-order valence-electron chi connectivity index (χ0n) is 23.1. The Morgan fingerprint density at radius 2 is 1.71 bits per heavy atom. The number of thiophene rings is 1. The molecule has 0 radical (unpaired) electrons. The number of nitrogens with zero attached hydrogens (tertiary/aromatic N) is 1. The lowest BCUT2D eigenvalue weighted by molar-refractivity contribution is -0.142. The average molecular weight is 584 g/mol. The number of hydrogen-bond donors (Lipinski definition) is 2. The van der Waals surface area contributed by atoms with Crippen molar-refractivity contribution in [3.63, 3.8) is 0 Å². The predicted molar refractivity (Wildman–Crippen MR) is 159 cm³/mol. The number of ether oxygens (including phenoxy) is 2. The summed E-state index contributed by atoms with van der Waals surface area (Å²) in [4.78, 5) is 44.4. The molecule has 5 atom stereocenters. The summed E-state index contributed by atoms with van der Waals surface area (Å²) in [5.41, 5.74) is -0.582. The maximum absolute atomic E-state index is 14.1. The van der Waals surface area contributed by atoms with Crippen LogP contribution in [0, 0.1) is 11.8 Å². The predicted octanol–water partition coefficient (Wildman–Crippen LogP) is 5.28. The Labute approximate surface area is 248 Å². The Morgan fingerprint density at radius 3 is 2.45 bits per heavy atom. The molecule has 3 fully saturated rings. The second-order valence-electron chi connectivity index (χ2n) is 11.5. The summed E-state index contributed by atoms with van der Waals surface area (Å²) in [6.07, 6.45) is 8.36. The van der Waals surface area contributed by atoms with Crippen LogP contribution in [0.3, 0.4) is 0 Å². The Bertz CT molecular complexity index is 1490. The van der Waals surface area contributed by atoms with Crippen LogP contribution >= 0.6 is 11.3 Å². The van der Waals surface area contributed by atoms with Gasteiger partial charge in [0.1, 0.15) is 23.1 Å². The molecule has 1 spiro atoms. The van der Waals surface area contributed by atoms with Crippen molar-refractivity contribution in [2.24, 2.45) is 11.8 Å². The molecule has 216 valence electrons. The van der Waals surface area contributed by atoms with E-state index >= 15 is 0 Å². The Hall–Kier alpha value is -3.95. The highest BCUT2D eigenvalue weighted by Gasteiger charge is 2.72. The number of para-hydroxylation sites is 1. The van der Waals surface area contributed by atoms with Crippen LogP contribution in [0.2, 0.25) is 0 Å². The van der Waals surface area contributed by atoms with Crippen LogP contribution in [0.25, 0.3) is 0 Å². The molecule has 42 heavy (non-hydrogen) atoms. The second-order valence-corrected chi connectivity index (χ2v) is 12.6. The van der Waals surface area contributed by atoms with Crippen molar-refractivity contribution in [1.29, 1.82) is 0 Å². The topological polar surface area (TPSA) is 97.0 Å². The first-order valence-electron chi connectivity index (χ1n) is 14.7. The van der Waals surface area contributed by atoms with Gasteiger partial charge in [-0.15, -0.1) is 11.3 Å². The fourth-order valence-corrected chi connectivity index (χ4v) is 7.69. The molecule has 1 aliphatic carbocycles. The van der Waals surface area contributed by atoms with E-state index in [1.54, 1.807) is 40.5 Å². The summed E-state index contributed by atoms with van der Waals surface area (Å²) in [7, 11) is 0. The molecule has 2 N–H and O–H groups in total. The maximum Gasteiger partial charge on any atom is 0.246 e. The number of carbonyl (C=O) groups excluding carboxylic acids is 3. The summed E-state index contributed by atoms with van der Waals surface area (Å²) in [5.74, 6) is -0.881. The molecule has 8 nitrogen and oxygen atoms in total. The van der Waals surface area contributed by atoms with Crippen molar-refractivity contribution < 1.29 is 23.9 Å². The molecule has 2 aromatic carbocycles. The van der Waals surface area contributed by atoms with Gasteiger partial charge in [0, 0.05) is 16.6 Å². The molecule has 3 aromatic rings. The number of hydrogen-bond acceptors (Lipinski definition) is 6. The summed E-state index contributed by atoms with van der Waals surface area (Å²) >= 11 is 1.54. The lowest BCUT2D eigenvalue weighted by Gasteiger charge is -2.34. The van der Waals surface area contributed by atoms with Crippen LogP contribution < -0.4 is 15.4 Å². The van der Waals surface area contributed by atoms with Crippen molar-refractivity contribution in [2.75, 3.05) is 5.32 Å². The van der Waals surface area contributed by atoms with Gasteiger partial charge in [-0.1, -0.05) is 55.7 Å². The lowest BCUT2D eigenvalue weighted by atomic mass is 9.74. The zero-order chi connectivity index (χ0) is 28.7. The van der Waals surface area contributed by atoms with Gasteiger partial charge in [-0.25, -0.2) is 0 Å². The lowest BCUT2D eigenvalue weighted by Crippen LogP contribution is -2.56. The van der Waals surface area contributed by atoms with E-state index in [0.717, 1.165) is 36.3 Å². The largest absolute Gasteiger partial charge is 0.457 e. The molecule has 0 unspecified atom stereocenters. The summed E-state index contributed by atoms with van der Waals surface area (Å²) < 4.78 is 12.3. The Kier molecular flexibility index (Phi) is 7.07. The van der Waals surface area contributed by atoms with E-state index in [-0.39, 0.29) is 23.8 Å². The quantitative estimate of drug-likeness (QED) is 0.352. The minimum absolute atomic E-state index is 0.0934. The molecular weight excluding hydrogens is 550 g/mol. The van der Waals surface area contributed by atoms with E-state index in [9.17, 15) is 14.4 Å². The van der Waals surface area contributed by atoms with Crippen LogP contribution in [0.15, 0.2) is 84.3 Å². The molecule has 9 heteroatoms. The molecular formula is C33H33N3O5S. The van der Waals surface area contributed by atoms with E-state index in [1.807, 2.05) is 60.0 Å². The van der Waals surface area contributed by atoms with Gasteiger partial charge in [-0.2, -0.15) is 0 Å².